The van der Waals surface area contributed by atoms with Crippen LogP contribution in [0.3, 0.4) is 0 Å². The van der Waals surface area contributed by atoms with Gasteiger partial charge in [0, 0.05) is 5.92 Å². The first-order chi connectivity index (χ1) is 7.27. The Bertz CT molecular complexity index is 421. The zero-order valence-corrected chi connectivity index (χ0v) is 9.14. The first-order valence-corrected chi connectivity index (χ1v) is 6.45. The van der Waals surface area contributed by atoms with Crippen LogP contribution in [0, 0.1) is 5.92 Å². The third kappa shape index (κ3) is 1.91. The third-order valence-corrected chi connectivity index (χ3v) is 4.80. The number of alkyl halides is 2. The summed E-state index contributed by atoms with van der Waals surface area (Å²) in [5, 5.41) is -0.566. The van der Waals surface area contributed by atoms with Gasteiger partial charge < -0.3 is 5.73 Å². The maximum atomic E-state index is 12.3. The van der Waals surface area contributed by atoms with Gasteiger partial charge in [-0.15, -0.1) is 0 Å². The number of hydrogen-bond donors (Lipinski definition) is 2. The van der Waals surface area contributed by atoms with Crippen molar-refractivity contribution in [3.05, 3.63) is 0 Å². The quantitative estimate of drug-likeness (QED) is 0.713. The van der Waals surface area contributed by atoms with Gasteiger partial charge >= 0.3 is 0 Å². The molecular formula is C8H12F2N2O3S. The van der Waals surface area contributed by atoms with E-state index in [1.54, 1.807) is 4.72 Å². The average molecular weight is 254 g/mol. The Hall–Kier alpha value is -0.760. The van der Waals surface area contributed by atoms with Gasteiger partial charge in [0.25, 0.3) is 5.91 Å². The molecule has 0 aromatic heterocycles. The largest absolute Gasteiger partial charge is 0.317 e. The average Bonchev–Trinajstić information content (AvgIpc) is 2.95. The standard InChI is InChI=1S/C8H12F2N2O3S/c9-6(10)5-3-8(5,11)7(13)12-16(14,15)4-1-2-4/h4-6H,1-3,11H2,(H,12,13). The van der Waals surface area contributed by atoms with Gasteiger partial charge in [-0.05, 0) is 19.3 Å². The minimum Gasteiger partial charge on any atom is -0.317 e. The highest BCUT2D eigenvalue weighted by atomic mass is 32.2. The van der Waals surface area contributed by atoms with Crippen molar-refractivity contribution >= 4 is 15.9 Å². The SMILES string of the molecule is NC1(C(=O)NS(=O)(=O)C2CC2)CC1C(F)F. The smallest absolute Gasteiger partial charge is 0.254 e. The van der Waals surface area contributed by atoms with Crippen molar-refractivity contribution in [3.63, 3.8) is 0 Å². The Labute approximate surface area is 91.4 Å². The van der Waals surface area contributed by atoms with E-state index in [9.17, 15) is 22.0 Å². The van der Waals surface area contributed by atoms with Crippen LogP contribution in [0.1, 0.15) is 19.3 Å². The summed E-state index contributed by atoms with van der Waals surface area (Å²) < 4.78 is 49.1. The predicted octanol–water partition coefficient (Wildman–Crippen LogP) is -0.423. The lowest BCUT2D eigenvalue weighted by Crippen LogP contribution is -2.48. The lowest BCUT2D eigenvalue weighted by Gasteiger charge is -2.12. The highest BCUT2D eigenvalue weighted by Crippen LogP contribution is 2.45. The summed E-state index contributed by atoms with van der Waals surface area (Å²) in [6.07, 6.45) is -1.87. The third-order valence-electron chi connectivity index (χ3n) is 2.98. The van der Waals surface area contributed by atoms with Crippen molar-refractivity contribution in [3.8, 4) is 0 Å². The second-order valence-corrected chi connectivity index (χ2v) is 6.32. The fraction of sp³-hybridized carbons (Fsp3) is 0.875. The van der Waals surface area contributed by atoms with Crippen molar-refractivity contribution in [2.75, 3.05) is 0 Å². The minimum absolute atomic E-state index is 0.170. The number of carbonyl (C=O) groups excluding carboxylic acids is 1. The van der Waals surface area contributed by atoms with Crippen LogP contribution in [0.2, 0.25) is 0 Å². The fourth-order valence-corrected chi connectivity index (χ4v) is 2.94. The van der Waals surface area contributed by atoms with Gasteiger partial charge in [-0.3, -0.25) is 9.52 Å². The summed E-state index contributed by atoms with van der Waals surface area (Å²) in [6, 6.07) is 0. The van der Waals surface area contributed by atoms with Gasteiger partial charge in [-0.2, -0.15) is 0 Å². The zero-order chi connectivity index (χ0) is 12.1. The van der Waals surface area contributed by atoms with E-state index in [0.29, 0.717) is 12.8 Å². The Balaban J connectivity index is 2.00. The molecule has 0 heterocycles. The van der Waals surface area contributed by atoms with Crippen LogP contribution in [0.5, 0.6) is 0 Å². The molecule has 2 aliphatic rings. The van der Waals surface area contributed by atoms with Crippen LogP contribution in [0.15, 0.2) is 0 Å². The van der Waals surface area contributed by atoms with Crippen molar-refractivity contribution in [2.24, 2.45) is 11.7 Å². The number of amides is 1. The Morgan fingerprint density at radius 2 is 2.00 bits per heavy atom. The van der Waals surface area contributed by atoms with Crippen molar-refractivity contribution in [1.29, 1.82) is 0 Å². The molecule has 92 valence electrons. The Morgan fingerprint density at radius 1 is 1.44 bits per heavy atom. The Kier molecular flexibility index (Phi) is 2.46. The maximum absolute atomic E-state index is 12.3. The predicted molar refractivity (Wildman–Crippen MR) is 51.1 cm³/mol. The summed E-state index contributed by atoms with van der Waals surface area (Å²) in [6.45, 7) is 0. The fourth-order valence-electron chi connectivity index (χ4n) is 1.57. The molecule has 0 aliphatic heterocycles. The number of rotatable bonds is 4. The monoisotopic (exact) mass is 254 g/mol. The normalized spacial score (nSPS) is 33.9. The molecule has 2 atom stereocenters. The highest BCUT2D eigenvalue weighted by molar-refractivity contribution is 7.90. The van der Waals surface area contributed by atoms with Crippen LogP contribution in [0.4, 0.5) is 8.78 Å². The molecule has 0 saturated heterocycles. The van der Waals surface area contributed by atoms with E-state index in [1.165, 1.54) is 0 Å². The molecule has 0 bridgehead atoms. The van der Waals surface area contributed by atoms with Crippen molar-refractivity contribution < 1.29 is 22.0 Å². The molecule has 16 heavy (non-hydrogen) atoms. The van der Waals surface area contributed by atoms with E-state index in [0.717, 1.165) is 0 Å². The second kappa shape index (κ2) is 3.36. The minimum atomic E-state index is -3.70. The number of nitrogens with two attached hydrogens (primary N) is 1. The van der Waals surface area contributed by atoms with Gasteiger partial charge in [0.1, 0.15) is 5.54 Å². The van der Waals surface area contributed by atoms with Crippen LogP contribution < -0.4 is 10.5 Å². The summed E-state index contributed by atoms with van der Waals surface area (Å²) in [5.74, 6) is -2.24. The van der Waals surface area contributed by atoms with E-state index in [1.807, 2.05) is 0 Å². The van der Waals surface area contributed by atoms with Gasteiger partial charge in [-0.25, -0.2) is 17.2 Å². The van der Waals surface area contributed by atoms with Crippen molar-refractivity contribution in [1.82, 2.24) is 4.72 Å². The van der Waals surface area contributed by atoms with E-state index < -0.39 is 39.1 Å². The van der Waals surface area contributed by atoms with Crippen LogP contribution in [-0.2, 0) is 14.8 Å². The summed E-state index contributed by atoms with van der Waals surface area (Å²) in [5.41, 5.74) is 3.69. The number of hydrogen-bond acceptors (Lipinski definition) is 4. The lowest BCUT2D eigenvalue weighted by atomic mass is 10.2. The van der Waals surface area contributed by atoms with Gasteiger partial charge in [-0.1, -0.05) is 0 Å². The van der Waals surface area contributed by atoms with E-state index in [-0.39, 0.29) is 6.42 Å². The first kappa shape index (κ1) is 11.7. The molecule has 2 unspecified atom stereocenters. The van der Waals surface area contributed by atoms with Crippen LogP contribution in [-0.4, -0.2) is 31.5 Å². The molecule has 2 fully saturated rings. The summed E-state index contributed by atoms with van der Waals surface area (Å²) in [7, 11) is -3.70. The van der Waals surface area contributed by atoms with E-state index >= 15 is 0 Å². The number of sulfonamides is 1. The molecule has 8 heteroatoms. The molecular weight excluding hydrogens is 242 g/mol. The molecule has 0 aromatic carbocycles. The van der Waals surface area contributed by atoms with Gasteiger partial charge in [0.15, 0.2) is 0 Å². The molecule has 0 spiro atoms. The first-order valence-electron chi connectivity index (χ1n) is 4.90. The molecule has 2 rings (SSSR count). The molecule has 5 nitrogen and oxygen atoms in total. The van der Waals surface area contributed by atoms with Crippen molar-refractivity contribution in [2.45, 2.75) is 36.5 Å². The number of carbonyl (C=O) groups is 1. The number of nitrogens with one attached hydrogen (secondary N) is 1. The highest BCUT2D eigenvalue weighted by Gasteiger charge is 2.62. The number of halogens is 2. The second-order valence-electron chi connectivity index (χ2n) is 4.36. The molecule has 0 aromatic rings. The molecule has 2 aliphatic carbocycles. The van der Waals surface area contributed by atoms with Crippen LogP contribution in [0.25, 0.3) is 0 Å². The zero-order valence-electron chi connectivity index (χ0n) is 8.32. The van der Waals surface area contributed by atoms with Gasteiger partial charge in [0.05, 0.1) is 5.25 Å². The lowest BCUT2D eigenvalue weighted by molar-refractivity contribution is -0.122. The molecule has 2 saturated carbocycles. The summed E-state index contributed by atoms with van der Waals surface area (Å²) in [4.78, 5) is 11.4. The molecule has 1 amide bonds. The molecule has 0 radical (unpaired) electrons. The summed E-state index contributed by atoms with van der Waals surface area (Å²) >= 11 is 0. The van der Waals surface area contributed by atoms with E-state index in [2.05, 4.69) is 0 Å². The van der Waals surface area contributed by atoms with Gasteiger partial charge in [0.2, 0.25) is 16.4 Å². The Morgan fingerprint density at radius 3 is 2.38 bits per heavy atom. The van der Waals surface area contributed by atoms with E-state index in [4.69, 9.17) is 5.73 Å². The topological polar surface area (TPSA) is 89.3 Å². The van der Waals surface area contributed by atoms with Crippen LogP contribution >= 0.6 is 0 Å². The maximum Gasteiger partial charge on any atom is 0.254 e. The molecule has 3 N–H and O–H groups in total.